The second-order valence-electron chi connectivity index (χ2n) is 6.63. The fourth-order valence-electron chi connectivity index (χ4n) is 3.15. The molecule has 2 heterocycles. The van der Waals surface area contributed by atoms with Crippen LogP contribution in [0.5, 0.6) is 5.75 Å². The molecule has 4 N–H and O–H groups in total. The zero-order valence-electron chi connectivity index (χ0n) is 15.8. The van der Waals surface area contributed by atoms with Crippen LogP contribution >= 0.6 is 11.3 Å². The molecule has 154 valence electrons. The minimum atomic E-state index is -3.72. The number of carbonyl (C=O) groups excluding carboxylic acids is 1. The first-order valence-corrected chi connectivity index (χ1v) is 11.5. The highest BCUT2D eigenvalue weighted by Gasteiger charge is 2.17. The first kappa shape index (κ1) is 20.0. The van der Waals surface area contributed by atoms with Crippen molar-refractivity contribution in [2.24, 2.45) is 0 Å². The molecule has 2 aromatic heterocycles. The number of rotatable bonds is 7. The van der Waals surface area contributed by atoms with Gasteiger partial charge in [0.1, 0.15) is 9.96 Å². The molecule has 0 saturated heterocycles. The van der Waals surface area contributed by atoms with E-state index in [1.54, 1.807) is 11.4 Å². The van der Waals surface area contributed by atoms with E-state index in [0.29, 0.717) is 13.0 Å². The fraction of sp³-hybridized carbons (Fsp3) is 0.0952. The van der Waals surface area contributed by atoms with Crippen molar-refractivity contribution >= 4 is 43.9 Å². The number of thiophene rings is 1. The fourth-order valence-corrected chi connectivity index (χ4v) is 5.20. The zero-order chi connectivity index (χ0) is 21.1. The number of phenolic OH excluding ortho intramolecular Hbond substituents is 1. The van der Waals surface area contributed by atoms with Gasteiger partial charge in [-0.05, 0) is 41.6 Å². The Labute approximate surface area is 177 Å². The molecule has 1 amide bonds. The number of hydrogen-bond donors (Lipinski definition) is 4. The summed E-state index contributed by atoms with van der Waals surface area (Å²) >= 11 is 1.09. The van der Waals surface area contributed by atoms with E-state index in [4.69, 9.17) is 0 Å². The second-order valence-corrected chi connectivity index (χ2v) is 9.49. The van der Waals surface area contributed by atoms with Gasteiger partial charge in [-0.1, -0.05) is 24.3 Å². The van der Waals surface area contributed by atoms with Crippen LogP contribution in [0, 0.1) is 0 Å². The summed E-state index contributed by atoms with van der Waals surface area (Å²) in [4.78, 5) is 15.6. The summed E-state index contributed by atoms with van der Waals surface area (Å²) in [6.45, 7) is 0.396. The molecule has 30 heavy (non-hydrogen) atoms. The molecule has 0 spiro atoms. The van der Waals surface area contributed by atoms with E-state index >= 15 is 0 Å². The number of aromatic hydroxyl groups is 1. The average molecular weight is 442 g/mol. The van der Waals surface area contributed by atoms with Gasteiger partial charge in [0.05, 0.1) is 11.3 Å². The predicted octanol–water partition coefficient (Wildman–Crippen LogP) is 3.71. The molecule has 9 heteroatoms. The van der Waals surface area contributed by atoms with E-state index in [1.807, 2.05) is 30.5 Å². The van der Waals surface area contributed by atoms with Crippen molar-refractivity contribution in [3.63, 3.8) is 0 Å². The lowest BCUT2D eigenvalue weighted by Crippen LogP contribution is -2.25. The zero-order valence-corrected chi connectivity index (χ0v) is 17.4. The maximum atomic E-state index is 12.4. The molecule has 0 bridgehead atoms. The molecule has 0 atom stereocenters. The summed E-state index contributed by atoms with van der Waals surface area (Å²) in [6, 6.07) is 15.1. The first-order valence-electron chi connectivity index (χ1n) is 9.16. The largest absolute Gasteiger partial charge is 0.507 e. The summed E-state index contributed by atoms with van der Waals surface area (Å²) < 4.78 is 27.1. The van der Waals surface area contributed by atoms with Crippen molar-refractivity contribution in [1.82, 2.24) is 10.3 Å². The van der Waals surface area contributed by atoms with Crippen molar-refractivity contribution < 1.29 is 18.3 Å². The first-order chi connectivity index (χ1) is 14.4. The highest BCUT2D eigenvalue weighted by Crippen LogP contribution is 2.25. The van der Waals surface area contributed by atoms with Gasteiger partial charge in [0, 0.05) is 29.7 Å². The van der Waals surface area contributed by atoms with E-state index in [9.17, 15) is 18.3 Å². The number of aromatic amines is 1. The number of para-hydroxylation sites is 1. The highest BCUT2D eigenvalue weighted by atomic mass is 32.2. The SMILES string of the molecule is O=C(NCCc1c[nH]c2ccccc12)c1ccc(NS(=O)(=O)c2cccs2)cc1O. The monoisotopic (exact) mass is 441 g/mol. The summed E-state index contributed by atoms with van der Waals surface area (Å²) in [5.41, 5.74) is 2.38. The van der Waals surface area contributed by atoms with Crippen LogP contribution < -0.4 is 10.0 Å². The highest BCUT2D eigenvalue weighted by molar-refractivity contribution is 7.94. The van der Waals surface area contributed by atoms with Gasteiger partial charge in [0.2, 0.25) is 0 Å². The number of anilines is 1. The van der Waals surface area contributed by atoms with Crippen molar-refractivity contribution in [2.45, 2.75) is 10.6 Å². The van der Waals surface area contributed by atoms with E-state index in [-0.39, 0.29) is 21.2 Å². The molecule has 0 aliphatic heterocycles. The van der Waals surface area contributed by atoms with Gasteiger partial charge >= 0.3 is 0 Å². The lowest BCUT2D eigenvalue weighted by molar-refractivity contribution is 0.0951. The van der Waals surface area contributed by atoms with Crippen LogP contribution in [0.25, 0.3) is 10.9 Å². The molecule has 0 unspecified atom stereocenters. The Kier molecular flexibility index (Phi) is 5.47. The van der Waals surface area contributed by atoms with Gasteiger partial charge in [0.25, 0.3) is 15.9 Å². The molecule has 0 aliphatic carbocycles. The van der Waals surface area contributed by atoms with Crippen molar-refractivity contribution in [3.05, 3.63) is 77.3 Å². The second kappa shape index (κ2) is 8.21. The molecular weight excluding hydrogens is 422 g/mol. The lowest BCUT2D eigenvalue weighted by Gasteiger charge is -2.10. The normalized spacial score (nSPS) is 11.5. The number of aromatic nitrogens is 1. The van der Waals surface area contributed by atoms with Crippen LogP contribution in [-0.2, 0) is 16.4 Å². The molecule has 0 fully saturated rings. The van der Waals surface area contributed by atoms with Gasteiger partial charge in [-0.3, -0.25) is 9.52 Å². The number of amides is 1. The Balaban J connectivity index is 1.39. The van der Waals surface area contributed by atoms with Gasteiger partial charge in [-0.15, -0.1) is 11.3 Å². The quantitative estimate of drug-likeness (QED) is 0.350. The van der Waals surface area contributed by atoms with E-state index in [2.05, 4.69) is 15.0 Å². The Hall–Kier alpha value is -3.30. The van der Waals surface area contributed by atoms with Gasteiger partial charge < -0.3 is 15.4 Å². The Morgan fingerprint density at radius 3 is 2.70 bits per heavy atom. The summed E-state index contributed by atoms with van der Waals surface area (Å²) in [5.74, 6) is -0.731. The number of sulfonamides is 1. The smallest absolute Gasteiger partial charge is 0.271 e. The topological polar surface area (TPSA) is 111 Å². The van der Waals surface area contributed by atoms with Crippen molar-refractivity contribution in [2.75, 3.05) is 11.3 Å². The molecule has 4 rings (SSSR count). The molecule has 0 radical (unpaired) electrons. The van der Waals surface area contributed by atoms with Crippen LogP contribution in [-0.4, -0.2) is 31.0 Å². The molecule has 0 saturated carbocycles. The van der Waals surface area contributed by atoms with Gasteiger partial charge in [0.15, 0.2) is 0 Å². The standard InChI is InChI=1S/C21H19N3O4S2/c25-19-12-15(24-30(27,28)20-6-3-11-29-20)7-8-17(19)21(26)22-10-9-14-13-23-18-5-2-1-4-16(14)18/h1-8,11-13,23-25H,9-10H2,(H,22,26). The third kappa shape index (κ3) is 4.17. The number of H-pyrrole nitrogens is 1. The molecular formula is C21H19N3O4S2. The molecule has 4 aromatic rings. The molecule has 0 aliphatic rings. The number of hydrogen-bond acceptors (Lipinski definition) is 5. The average Bonchev–Trinajstić information content (AvgIpc) is 3.39. The number of benzene rings is 2. The molecule has 7 nitrogen and oxygen atoms in total. The molecule has 2 aromatic carbocycles. The maximum absolute atomic E-state index is 12.4. The third-order valence-electron chi connectivity index (χ3n) is 4.61. The number of nitrogens with one attached hydrogen (secondary N) is 3. The van der Waals surface area contributed by atoms with Crippen LogP contribution in [0.4, 0.5) is 5.69 Å². The number of phenols is 1. The van der Waals surface area contributed by atoms with E-state index in [0.717, 1.165) is 27.8 Å². The Bertz CT molecular complexity index is 1300. The number of carbonyl (C=O) groups is 1. The third-order valence-corrected chi connectivity index (χ3v) is 7.39. The Morgan fingerprint density at radius 1 is 1.10 bits per heavy atom. The van der Waals surface area contributed by atoms with Crippen LogP contribution in [0.2, 0.25) is 0 Å². The summed E-state index contributed by atoms with van der Waals surface area (Å²) in [6.07, 6.45) is 2.55. The van der Waals surface area contributed by atoms with Crippen LogP contribution in [0.3, 0.4) is 0 Å². The predicted molar refractivity (Wildman–Crippen MR) is 118 cm³/mol. The minimum absolute atomic E-state index is 0.0769. The summed E-state index contributed by atoms with van der Waals surface area (Å²) in [5, 5.41) is 15.8. The van der Waals surface area contributed by atoms with Crippen molar-refractivity contribution in [3.8, 4) is 5.75 Å². The maximum Gasteiger partial charge on any atom is 0.271 e. The van der Waals surface area contributed by atoms with Gasteiger partial charge in [-0.25, -0.2) is 8.42 Å². The summed E-state index contributed by atoms with van der Waals surface area (Å²) in [7, 11) is -3.72. The minimum Gasteiger partial charge on any atom is -0.507 e. The van der Waals surface area contributed by atoms with Crippen molar-refractivity contribution in [1.29, 1.82) is 0 Å². The van der Waals surface area contributed by atoms with E-state index < -0.39 is 15.9 Å². The Morgan fingerprint density at radius 2 is 1.93 bits per heavy atom. The van der Waals surface area contributed by atoms with Gasteiger partial charge in [-0.2, -0.15) is 0 Å². The van der Waals surface area contributed by atoms with E-state index in [1.165, 1.54) is 24.3 Å². The lowest BCUT2D eigenvalue weighted by atomic mass is 10.1. The number of fused-ring (bicyclic) bond motifs is 1. The van der Waals surface area contributed by atoms with Crippen LogP contribution in [0.15, 0.2) is 70.4 Å². The van der Waals surface area contributed by atoms with Crippen LogP contribution in [0.1, 0.15) is 15.9 Å².